The Hall–Kier alpha value is -3.28. The number of hydrogen-bond acceptors (Lipinski definition) is 5. The molecule has 132 valence electrons. The maximum Gasteiger partial charge on any atom is 0.269 e. The Kier molecular flexibility index (Phi) is 4.08. The van der Waals surface area contributed by atoms with Crippen molar-refractivity contribution in [2.75, 3.05) is 5.32 Å². The van der Waals surface area contributed by atoms with Crippen molar-refractivity contribution in [2.24, 2.45) is 0 Å². The summed E-state index contributed by atoms with van der Waals surface area (Å²) in [6.07, 6.45) is 0.500. The van der Waals surface area contributed by atoms with Crippen molar-refractivity contribution in [2.45, 2.75) is 26.1 Å². The van der Waals surface area contributed by atoms with Crippen molar-refractivity contribution in [3.63, 3.8) is 0 Å². The number of carbonyl (C=O) groups is 1. The highest BCUT2D eigenvalue weighted by atomic mass is 16.6. The fourth-order valence-electron chi connectivity index (χ4n) is 2.84. The lowest BCUT2D eigenvalue weighted by molar-refractivity contribution is -0.128. The van der Waals surface area contributed by atoms with Crippen LogP contribution in [0.15, 0.2) is 59.2 Å². The first kappa shape index (κ1) is 16.2. The van der Waals surface area contributed by atoms with E-state index in [1.165, 1.54) is 0 Å². The molecule has 1 amide bonds. The molecule has 2 atom stereocenters. The average molecular weight is 350 g/mol. The van der Waals surface area contributed by atoms with E-state index in [4.69, 9.17) is 13.9 Å². The first-order valence-electron chi connectivity index (χ1n) is 8.36. The van der Waals surface area contributed by atoms with E-state index in [0.29, 0.717) is 23.1 Å². The summed E-state index contributed by atoms with van der Waals surface area (Å²) in [6.45, 7) is 3.61. The first-order valence-corrected chi connectivity index (χ1v) is 8.36. The molecule has 1 aliphatic rings. The number of anilines is 1. The number of oxazole rings is 1. The SMILES string of the molecule is Cc1nc(-c2ccc(NC(=O)C3Oc4ccccc4OC3C)cc2)co1. The van der Waals surface area contributed by atoms with Crippen LogP contribution in [0.4, 0.5) is 5.69 Å². The van der Waals surface area contributed by atoms with Crippen LogP contribution < -0.4 is 14.8 Å². The third-order valence-electron chi connectivity index (χ3n) is 4.17. The topological polar surface area (TPSA) is 73.6 Å². The minimum Gasteiger partial charge on any atom is -0.482 e. The fraction of sp³-hybridized carbons (Fsp3) is 0.200. The van der Waals surface area contributed by atoms with Crippen molar-refractivity contribution in [1.82, 2.24) is 4.98 Å². The molecule has 4 rings (SSSR count). The molecule has 0 fully saturated rings. The van der Waals surface area contributed by atoms with Crippen LogP contribution in [0, 0.1) is 6.92 Å². The summed E-state index contributed by atoms with van der Waals surface area (Å²) >= 11 is 0. The van der Waals surface area contributed by atoms with Crippen molar-refractivity contribution in [1.29, 1.82) is 0 Å². The second-order valence-electron chi connectivity index (χ2n) is 6.13. The van der Waals surface area contributed by atoms with Crippen molar-refractivity contribution >= 4 is 11.6 Å². The van der Waals surface area contributed by atoms with Crippen LogP contribution in [0.1, 0.15) is 12.8 Å². The van der Waals surface area contributed by atoms with Crippen LogP contribution in [-0.4, -0.2) is 23.1 Å². The van der Waals surface area contributed by atoms with Crippen molar-refractivity contribution < 1.29 is 18.7 Å². The predicted molar refractivity (Wildman–Crippen MR) is 96.3 cm³/mol. The zero-order chi connectivity index (χ0) is 18.1. The maximum absolute atomic E-state index is 12.6. The van der Waals surface area contributed by atoms with E-state index >= 15 is 0 Å². The van der Waals surface area contributed by atoms with E-state index in [1.54, 1.807) is 19.3 Å². The molecule has 0 radical (unpaired) electrons. The minimum absolute atomic E-state index is 0.253. The number of aromatic nitrogens is 1. The number of benzene rings is 2. The van der Waals surface area contributed by atoms with Gasteiger partial charge in [-0.15, -0.1) is 0 Å². The van der Waals surface area contributed by atoms with Crippen LogP contribution in [-0.2, 0) is 4.79 Å². The van der Waals surface area contributed by atoms with Gasteiger partial charge in [0, 0.05) is 18.2 Å². The fourth-order valence-corrected chi connectivity index (χ4v) is 2.84. The summed E-state index contributed by atoms with van der Waals surface area (Å²) in [7, 11) is 0. The monoisotopic (exact) mass is 350 g/mol. The number of ether oxygens (including phenoxy) is 2. The summed E-state index contributed by atoms with van der Waals surface area (Å²) in [5.74, 6) is 1.58. The summed E-state index contributed by atoms with van der Waals surface area (Å²) < 4.78 is 16.8. The van der Waals surface area contributed by atoms with Gasteiger partial charge >= 0.3 is 0 Å². The van der Waals surface area contributed by atoms with Gasteiger partial charge in [-0.1, -0.05) is 24.3 Å². The van der Waals surface area contributed by atoms with Crippen LogP contribution in [0.25, 0.3) is 11.3 Å². The van der Waals surface area contributed by atoms with Crippen molar-refractivity contribution in [3.8, 4) is 22.8 Å². The van der Waals surface area contributed by atoms with Gasteiger partial charge in [-0.3, -0.25) is 4.79 Å². The number of carbonyl (C=O) groups excluding carboxylic acids is 1. The van der Waals surface area contributed by atoms with Gasteiger partial charge in [0.15, 0.2) is 17.4 Å². The highest BCUT2D eigenvalue weighted by Gasteiger charge is 2.34. The summed E-state index contributed by atoms with van der Waals surface area (Å²) in [4.78, 5) is 16.9. The van der Waals surface area contributed by atoms with Gasteiger partial charge in [0.1, 0.15) is 18.1 Å². The number of aryl methyl sites for hydroxylation is 1. The molecule has 6 heteroatoms. The molecule has 2 aromatic carbocycles. The normalized spacial score (nSPS) is 18.4. The van der Waals surface area contributed by atoms with Gasteiger partial charge in [-0.25, -0.2) is 4.98 Å². The quantitative estimate of drug-likeness (QED) is 0.777. The molecule has 1 aromatic heterocycles. The Balaban J connectivity index is 1.46. The lowest BCUT2D eigenvalue weighted by Crippen LogP contribution is -2.46. The van der Waals surface area contributed by atoms with Gasteiger partial charge in [-0.2, -0.15) is 0 Å². The van der Waals surface area contributed by atoms with Crippen LogP contribution in [0.3, 0.4) is 0 Å². The largest absolute Gasteiger partial charge is 0.482 e. The standard InChI is InChI=1S/C20H18N2O4/c1-12-19(26-18-6-4-3-5-17(18)25-12)20(23)22-15-9-7-14(8-10-15)16-11-24-13(2)21-16/h3-12,19H,1-2H3,(H,22,23). The van der Waals surface area contributed by atoms with Gasteiger partial charge in [0.05, 0.1) is 0 Å². The molecule has 0 spiro atoms. The van der Waals surface area contributed by atoms with Gasteiger partial charge < -0.3 is 19.2 Å². The molecular formula is C20H18N2O4. The highest BCUT2D eigenvalue weighted by molar-refractivity contribution is 5.95. The van der Waals surface area contributed by atoms with E-state index in [9.17, 15) is 4.79 Å². The molecule has 3 aromatic rings. The van der Waals surface area contributed by atoms with E-state index in [1.807, 2.05) is 49.4 Å². The van der Waals surface area contributed by atoms with Gasteiger partial charge in [0.2, 0.25) is 6.10 Å². The minimum atomic E-state index is -0.720. The Morgan fingerprint density at radius 3 is 2.38 bits per heavy atom. The van der Waals surface area contributed by atoms with Crippen LogP contribution >= 0.6 is 0 Å². The maximum atomic E-state index is 12.6. The first-order chi connectivity index (χ1) is 12.6. The molecule has 2 heterocycles. The summed E-state index contributed by atoms with van der Waals surface area (Å²) in [5, 5.41) is 2.87. The van der Waals surface area contributed by atoms with E-state index < -0.39 is 6.10 Å². The zero-order valence-corrected chi connectivity index (χ0v) is 14.4. The number of nitrogens with one attached hydrogen (secondary N) is 1. The van der Waals surface area contributed by atoms with E-state index in [-0.39, 0.29) is 12.0 Å². The number of nitrogens with zero attached hydrogens (tertiary/aromatic N) is 1. The third-order valence-corrected chi connectivity index (χ3v) is 4.17. The van der Waals surface area contributed by atoms with Crippen LogP contribution in [0.2, 0.25) is 0 Å². The van der Waals surface area contributed by atoms with Gasteiger partial charge in [0.25, 0.3) is 5.91 Å². The number of rotatable bonds is 3. The number of amides is 1. The predicted octanol–water partition coefficient (Wildman–Crippen LogP) is 3.82. The summed E-state index contributed by atoms with van der Waals surface area (Å²) in [6, 6.07) is 14.7. The van der Waals surface area contributed by atoms with E-state index in [2.05, 4.69) is 10.3 Å². The number of para-hydroxylation sites is 2. The Morgan fingerprint density at radius 1 is 1.04 bits per heavy atom. The zero-order valence-electron chi connectivity index (χ0n) is 14.4. The molecular weight excluding hydrogens is 332 g/mol. The second-order valence-corrected chi connectivity index (χ2v) is 6.13. The lowest BCUT2D eigenvalue weighted by atomic mass is 10.1. The van der Waals surface area contributed by atoms with Gasteiger partial charge in [-0.05, 0) is 31.2 Å². The second kappa shape index (κ2) is 6.55. The Morgan fingerprint density at radius 2 is 1.73 bits per heavy atom. The summed E-state index contributed by atoms with van der Waals surface area (Å²) in [5.41, 5.74) is 2.35. The van der Waals surface area contributed by atoms with E-state index in [0.717, 1.165) is 11.3 Å². The molecule has 1 N–H and O–H groups in total. The Labute approximate surface area is 150 Å². The average Bonchev–Trinajstić information content (AvgIpc) is 3.08. The molecule has 1 aliphatic heterocycles. The van der Waals surface area contributed by atoms with Crippen molar-refractivity contribution in [3.05, 3.63) is 60.7 Å². The third kappa shape index (κ3) is 3.13. The smallest absolute Gasteiger partial charge is 0.269 e. The molecule has 2 unspecified atom stereocenters. The molecule has 26 heavy (non-hydrogen) atoms. The molecule has 0 aliphatic carbocycles. The number of hydrogen-bond donors (Lipinski definition) is 1. The van der Waals surface area contributed by atoms with Crippen LogP contribution in [0.5, 0.6) is 11.5 Å². The lowest BCUT2D eigenvalue weighted by Gasteiger charge is -2.31. The number of fused-ring (bicyclic) bond motifs is 1. The molecule has 6 nitrogen and oxygen atoms in total. The molecule has 0 bridgehead atoms. The Bertz CT molecular complexity index is 933. The molecule has 0 saturated heterocycles. The molecule has 0 saturated carbocycles. The highest BCUT2D eigenvalue weighted by Crippen LogP contribution is 2.33.